The SMILES string of the molecule is Cc1ccc(Cc2c(C(=O)NCCNc3cccc4ccccc34)sc3ccccc23)cc1. The Morgan fingerprint density at radius 3 is 2.36 bits per heavy atom. The fraction of sp³-hybridized carbons (Fsp3) is 0.138. The van der Waals surface area contributed by atoms with Gasteiger partial charge in [-0.25, -0.2) is 0 Å². The number of thiophene rings is 1. The molecular weight excluding hydrogens is 424 g/mol. The summed E-state index contributed by atoms with van der Waals surface area (Å²) >= 11 is 1.58. The van der Waals surface area contributed by atoms with Crippen molar-refractivity contribution in [1.29, 1.82) is 0 Å². The Labute approximate surface area is 198 Å². The molecule has 0 fully saturated rings. The number of hydrogen-bond acceptors (Lipinski definition) is 3. The lowest BCUT2D eigenvalue weighted by Gasteiger charge is -2.11. The van der Waals surface area contributed by atoms with Gasteiger partial charge in [-0.1, -0.05) is 84.4 Å². The molecule has 4 heteroatoms. The molecule has 0 aliphatic heterocycles. The molecule has 1 heterocycles. The Hall–Kier alpha value is -3.63. The predicted molar refractivity (Wildman–Crippen MR) is 141 cm³/mol. The highest BCUT2D eigenvalue weighted by atomic mass is 32.1. The molecule has 3 nitrogen and oxygen atoms in total. The molecule has 1 amide bonds. The van der Waals surface area contributed by atoms with Gasteiger partial charge in [0.1, 0.15) is 0 Å². The van der Waals surface area contributed by atoms with Gasteiger partial charge in [-0.15, -0.1) is 11.3 Å². The van der Waals surface area contributed by atoms with Crippen LogP contribution in [0.2, 0.25) is 0 Å². The van der Waals surface area contributed by atoms with Crippen LogP contribution in [0, 0.1) is 6.92 Å². The van der Waals surface area contributed by atoms with E-state index in [0.717, 1.165) is 27.2 Å². The van der Waals surface area contributed by atoms with E-state index in [1.807, 2.05) is 24.3 Å². The topological polar surface area (TPSA) is 41.1 Å². The molecule has 0 bridgehead atoms. The van der Waals surface area contributed by atoms with Gasteiger partial charge in [-0.3, -0.25) is 4.79 Å². The number of hydrogen-bond donors (Lipinski definition) is 2. The van der Waals surface area contributed by atoms with Crippen molar-refractivity contribution < 1.29 is 4.79 Å². The van der Waals surface area contributed by atoms with E-state index < -0.39 is 0 Å². The molecule has 4 aromatic carbocycles. The molecule has 164 valence electrons. The normalized spacial score (nSPS) is 11.1. The van der Waals surface area contributed by atoms with E-state index >= 15 is 0 Å². The summed E-state index contributed by atoms with van der Waals surface area (Å²) in [4.78, 5) is 14.0. The lowest BCUT2D eigenvalue weighted by Crippen LogP contribution is -2.28. The highest BCUT2D eigenvalue weighted by Crippen LogP contribution is 2.33. The van der Waals surface area contributed by atoms with Gasteiger partial charge >= 0.3 is 0 Å². The molecule has 0 aliphatic rings. The van der Waals surface area contributed by atoms with E-state index in [4.69, 9.17) is 0 Å². The minimum atomic E-state index is -0.00182. The molecule has 5 aromatic rings. The quantitative estimate of drug-likeness (QED) is 0.268. The average molecular weight is 451 g/mol. The summed E-state index contributed by atoms with van der Waals surface area (Å²) in [5.74, 6) is -0.00182. The fourth-order valence-electron chi connectivity index (χ4n) is 4.20. The highest BCUT2D eigenvalue weighted by Gasteiger charge is 2.18. The zero-order valence-corrected chi connectivity index (χ0v) is 19.4. The number of aryl methyl sites for hydroxylation is 1. The van der Waals surface area contributed by atoms with Crippen LogP contribution in [0.15, 0.2) is 91.0 Å². The number of nitrogens with one attached hydrogen (secondary N) is 2. The molecule has 0 aliphatic carbocycles. The van der Waals surface area contributed by atoms with Crippen LogP contribution in [0.4, 0.5) is 5.69 Å². The Bertz CT molecular complexity index is 1410. The first-order valence-corrected chi connectivity index (χ1v) is 12.1. The number of amides is 1. The molecule has 5 rings (SSSR count). The van der Waals surface area contributed by atoms with Gasteiger partial charge in [-0.05, 0) is 47.4 Å². The molecule has 0 saturated carbocycles. The van der Waals surface area contributed by atoms with Gasteiger partial charge in [0.2, 0.25) is 0 Å². The smallest absolute Gasteiger partial charge is 0.261 e. The average Bonchev–Trinajstić information content (AvgIpc) is 3.21. The predicted octanol–water partition coefficient (Wildman–Crippen LogP) is 6.80. The third kappa shape index (κ3) is 4.62. The van der Waals surface area contributed by atoms with Crippen LogP contribution < -0.4 is 10.6 Å². The van der Waals surface area contributed by atoms with Gasteiger partial charge in [0, 0.05) is 28.9 Å². The van der Waals surface area contributed by atoms with Crippen molar-refractivity contribution in [1.82, 2.24) is 5.32 Å². The fourth-order valence-corrected chi connectivity index (χ4v) is 5.34. The number of carbonyl (C=O) groups excluding carboxylic acids is 1. The Morgan fingerprint density at radius 1 is 0.788 bits per heavy atom. The number of benzene rings is 4. The second-order valence-corrected chi connectivity index (χ2v) is 9.33. The van der Waals surface area contributed by atoms with E-state index in [-0.39, 0.29) is 5.91 Å². The zero-order chi connectivity index (χ0) is 22.6. The number of rotatable bonds is 7. The maximum atomic E-state index is 13.2. The van der Waals surface area contributed by atoms with Gasteiger partial charge in [-0.2, -0.15) is 0 Å². The second kappa shape index (κ2) is 9.47. The van der Waals surface area contributed by atoms with Gasteiger partial charge < -0.3 is 10.6 Å². The van der Waals surface area contributed by atoms with Crippen molar-refractivity contribution in [3.63, 3.8) is 0 Å². The minimum absolute atomic E-state index is 0.00182. The lowest BCUT2D eigenvalue weighted by atomic mass is 10.0. The number of fused-ring (bicyclic) bond motifs is 2. The van der Waals surface area contributed by atoms with E-state index in [9.17, 15) is 4.79 Å². The van der Waals surface area contributed by atoms with E-state index in [0.29, 0.717) is 13.1 Å². The first-order chi connectivity index (χ1) is 16.2. The van der Waals surface area contributed by atoms with Crippen molar-refractivity contribution in [2.24, 2.45) is 0 Å². The second-order valence-electron chi connectivity index (χ2n) is 8.28. The largest absolute Gasteiger partial charge is 0.383 e. The van der Waals surface area contributed by atoms with Crippen LogP contribution in [0.25, 0.3) is 20.9 Å². The van der Waals surface area contributed by atoms with Crippen molar-refractivity contribution in [3.05, 3.63) is 113 Å². The Morgan fingerprint density at radius 2 is 1.52 bits per heavy atom. The third-order valence-corrected chi connectivity index (χ3v) is 7.13. The lowest BCUT2D eigenvalue weighted by molar-refractivity contribution is 0.0958. The van der Waals surface area contributed by atoms with Crippen LogP contribution in [-0.4, -0.2) is 19.0 Å². The minimum Gasteiger partial charge on any atom is -0.383 e. The Kier molecular flexibility index (Phi) is 6.09. The van der Waals surface area contributed by atoms with E-state index in [2.05, 4.69) is 84.3 Å². The van der Waals surface area contributed by atoms with Crippen LogP contribution >= 0.6 is 11.3 Å². The van der Waals surface area contributed by atoms with E-state index in [1.54, 1.807) is 11.3 Å². The monoisotopic (exact) mass is 450 g/mol. The summed E-state index contributed by atoms with van der Waals surface area (Å²) in [5.41, 5.74) is 4.66. The molecule has 0 radical (unpaired) electrons. The standard InChI is InChI=1S/C29H26N2OS/c1-20-13-15-21(16-14-20)19-25-24-10-4-5-12-27(24)33-28(25)29(32)31-18-17-30-26-11-6-8-22-7-2-3-9-23(22)26/h2-16,30H,17-19H2,1H3,(H,31,32). The summed E-state index contributed by atoms with van der Waals surface area (Å²) in [6.07, 6.45) is 0.751. The Balaban J connectivity index is 1.30. The molecule has 0 spiro atoms. The number of anilines is 1. The molecule has 1 aromatic heterocycles. The molecule has 2 N–H and O–H groups in total. The van der Waals surface area contributed by atoms with Gasteiger partial charge in [0.15, 0.2) is 0 Å². The van der Waals surface area contributed by atoms with E-state index in [1.165, 1.54) is 27.3 Å². The van der Waals surface area contributed by atoms with Crippen LogP contribution in [0.1, 0.15) is 26.4 Å². The van der Waals surface area contributed by atoms with Crippen molar-refractivity contribution in [2.75, 3.05) is 18.4 Å². The number of carbonyl (C=O) groups is 1. The third-order valence-electron chi connectivity index (χ3n) is 5.92. The molecule has 33 heavy (non-hydrogen) atoms. The molecule has 0 atom stereocenters. The summed E-state index contributed by atoms with van der Waals surface area (Å²) in [6.45, 7) is 3.31. The maximum Gasteiger partial charge on any atom is 0.261 e. The summed E-state index contributed by atoms with van der Waals surface area (Å²) in [5, 5.41) is 10.2. The first kappa shape index (κ1) is 21.2. The summed E-state index contributed by atoms with van der Waals surface area (Å²) < 4.78 is 1.15. The van der Waals surface area contributed by atoms with Crippen LogP contribution in [-0.2, 0) is 6.42 Å². The van der Waals surface area contributed by atoms with Gasteiger partial charge in [0.25, 0.3) is 5.91 Å². The zero-order valence-electron chi connectivity index (χ0n) is 18.6. The van der Waals surface area contributed by atoms with Crippen molar-refractivity contribution in [2.45, 2.75) is 13.3 Å². The molecular formula is C29H26N2OS. The first-order valence-electron chi connectivity index (χ1n) is 11.2. The summed E-state index contributed by atoms with van der Waals surface area (Å²) in [7, 11) is 0. The molecule has 0 saturated heterocycles. The van der Waals surface area contributed by atoms with Crippen LogP contribution in [0.3, 0.4) is 0 Å². The maximum absolute atomic E-state index is 13.2. The van der Waals surface area contributed by atoms with Crippen molar-refractivity contribution >= 4 is 43.8 Å². The van der Waals surface area contributed by atoms with Crippen LogP contribution in [0.5, 0.6) is 0 Å². The van der Waals surface area contributed by atoms with Crippen molar-refractivity contribution in [3.8, 4) is 0 Å². The van der Waals surface area contributed by atoms with Gasteiger partial charge in [0.05, 0.1) is 4.88 Å². The summed E-state index contributed by atoms with van der Waals surface area (Å²) in [6, 6.07) is 31.4. The molecule has 0 unspecified atom stereocenters. The highest BCUT2D eigenvalue weighted by molar-refractivity contribution is 7.21.